The number of rotatable bonds is 2. The fourth-order valence-corrected chi connectivity index (χ4v) is 1.59. The van der Waals surface area contributed by atoms with Gasteiger partial charge in [0.2, 0.25) is 0 Å². The number of allylic oxidation sites excluding steroid dienone is 1. The van der Waals surface area contributed by atoms with Gasteiger partial charge >= 0.3 is 12.1 Å². The molecule has 0 spiro atoms. The summed E-state index contributed by atoms with van der Waals surface area (Å²) in [6.07, 6.45) is -4.32. The van der Waals surface area contributed by atoms with Crippen LogP contribution in [0.4, 0.5) is 13.2 Å². The predicted octanol–water partition coefficient (Wildman–Crippen LogP) is 3.86. The number of hydrogen-bond donors (Lipinski definition) is 0. The molecule has 2 nitrogen and oxygen atoms in total. The van der Waals surface area contributed by atoms with Crippen molar-refractivity contribution in [3.8, 4) is 5.75 Å². The topological polar surface area (TPSA) is 26.3 Å². The van der Waals surface area contributed by atoms with Crippen molar-refractivity contribution in [2.75, 3.05) is 0 Å². The Balaban J connectivity index is 2.22. The van der Waals surface area contributed by atoms with Crippen molar-refractivity contribution in [2.24, 2.45) is 0 Å². The van der Waals surface area contributed by atoms with Crippen LogP contribution in [0.1, 0.15) is 0 Å². The molecule has 2 aromatic rings. The minimum Gasteiger partial charge on any atom is -0.423 e. The molecule has 0 fully saturated rings. The highest BCUT2D eigenvalue weighted by atomic mass is 19.4. The van der Waals surface area contributed by atoms with E-state index in [9.17, 15) is 18.0 Å². The largest absolute Gasteiger partial charge is 0.423 e. The van der Waals surface area contributed by atoms with Gasteiger partial charge in [-0.05, 0) is 11.5 Å². The second-order valence-electron chi connectivity index (χ2n) is 3.77. The number of benzene rings is 2. The zero-order chi connectivity index (χ0) is 13.9. The summed E-state index contributed by atoms with van der Waals surface area (Å²) in [6.45, 7) is 0. The Morgan fingerprint density at radius 2 is 1.74 bits per heavy atom. The van der Waals surface area contributed by atoms with E-state index in [2.05, 4.69) is 0 Å². The second kappa shape index (κ2) is 5.14. The molecular formula is C14H9F3O2. The number of alkyl halides is 3. The molecule has 0 atom stereocenters. The van der Waals surface area contributed by atoms with Gasteiger partial charge in [-0.2, -0.15) is 13.2 Å². The average Bonchev–Trinajstić information content (AvgIpc) is 2.36. The van der Waals surface area contributed by atoms with Crippen molar-refractivity contribution in [1.82, 2.24) is 0 Å². The second-order valence-corrected chi connectivity index (χ2v) is 3.77. The van der Waals surface area contributed by atoms with Crippen molar-refractivity contribution in [1.29, 1.82) is 0 Å². The lowest BCUT2D eigenvalue weighted by atomic mass is 10.1. The van der Waals surface area contributed by atoms with Crippen LogP contribution in [0.2, 0.25) is 0 Å². The molecule has 0 radical (unpaired) electrons. The summed E-state index contributed by atoms with van der Waals surface area (Å²) >= 11 is 0. The molecule has 0 saturated carbocycles. The molecule has 0 saturated heterocycles. The number of halogens is 3. The van der Waals surface area contributed by atoms with Crippen LogP contribution in [-0.2, 0) is 4.79 Å². The molecule has 19 heavy (non-hydrogen) atoms. The number of carbonyl (C=O) groups excluding carboxylic acids is 1. The first-order valence-corrected chi connectivity index (χ1v) is 5.41. The molecule has 5 heteroatoms. The zero-order valence-electron chi connectivity index (χ0n) is 9.65. The fraction of sp³-hybridized carbons (Fsp3) is 0.0714. The van der Waals surface area contributed by atoms with E-state index < -0.39 is 12.1 Å². The van der Waals surface area contributed by atoms with Crippen molar-refractivity contribution in [2.45, 2.75) is 6.18 Å². The van der Waals surface area contributed by atoms with E-state index in [-0.39, 0.29) is 11.8 Å². The molecule has 2 aromatic carbocycles. The standard InChI is InChI=1S/C14H9F3O2/c15-14(16,17)9-8-13(18)19-12-7-3-5-10-4-1-2-6-11(10)12/h1-9H. The van der Waals surface area contributed by atoms with Crippen LogP contribution in [0, 0.1) is 0 Å². The van der Waals surface area contributed by atoms with Crippen molar-refractivity contribution < 1.29 is 22.7 Å². The summed E-state index contributed by atoms with van der Waals surface area (Å²) in [4.78, 5) is 11.3. The lowest BCUT2D eigenvalue weighted by Crippen LogP contribution is -2.08. The minimum atomic E-state index is -4.53. The van der Waals surface area contributed by atoms with Gasteiger partial charge in [0.15, 0.2) is 0 Å². The summed E-state index contributed by atoms with van der Waals surface area (Å²) in [5.41, 5.74) is 0. The van der Waals surface area contributed by atoms with Gasteiger partial charge in [0.25, 0.3) is 0 Å². The Hall–Kier alpha value is -2.30. The van der Waals surface area contributed by atoms with Crippen molar-refractivity contribution in [3.05, 3.63) is 54.6 Å². The fourth-order valence-electron chi connectivity index (χ4n) is 1.59. The third-order valence-electron chi connectivity index (χ3n) is 2.37. The van der Waals surface area contributed by atoms with Crippen LogP contribution in [-0.4, -0.2) is 12.1 Å². The Morgan fingerprint density at radius 1 is 1.05 bits per heavy atom. The van der Waals surface area contributed by atoms with E-state index in [1.165, 1.54) is 6.07 Å². The quantitative estimate of drug-likeness (QED) is 0.468. The monoisotopic (exact) mass is 266 g/mol. The molecule has 0 heterocycles. The van der Waals surface area contributed by atoms with Gasteiger partial charge in [-0.25, -0.2) is 4.79 Å². The maximum atomic E-state index is 11.9. The van der Waals surface area contributed by atoms with Crippen LogP contribution in [0.3, 0.4) is 0 Å². The van der Waals surface area contributed by atoms with E-state index in [1.807, 2.05) is 18.2 Å². The van der Waals surface area contributed by atoms with E-state index in [0.29, 0.717) is 11.5 Å². The summed E-state index contributed by atoms with van der Waals surface area (Å²) < 4.78 is 40.6. The normalized spacial score (nSPS) is 11.9. The first-order valence-electron chi connectivity index (χ1n) is 5.41. The summed E-state index contributed by atoms with van der Waals surface area (Å²) in [5, 5.41) is 1.51. The molecule has 0 aromatic heterocycles. The molecule has 0 aliphatic heterocycles. The van der Waals surface area contributed by atoms with Gasteiger partial charge < -0.3 is 4.74 Å². The highest BCUT2D eigenvalue weighted by Crippen LogP contribution is 2.25. The van der Waals surface area contributed by atoms with Gasteiger partial charge in [0, 0.05) is 17.5 Å². The molecule has 98 valence electrons. The highest BCUT2D eigenvalue weighted by molar-refractivity contribution is 5.92. The van der Waals surface area contributed by atoms with E-state index in [1.54, 1.807) is 18.2 Å². The van der Waals surface area contributed by atoms with Crippen LogP contribution in [0.25, 0.3) is 10.8 Å². The molecule has 0 N–H and O–H groups in total. The average molecular weight is 266 g/mol. The van der Waals surface area contributed by atoms with Crippen LogP contribution in [0.15, 0.2) is 54.6 Å². The minimum absolute atomic E-state index is 0.152. The lowest BCUT2D eigenvalue weighted by molar-refractivity contribution is -0.129. The van der Waals surface area contributed by atoms with Gasteiger partial charge in [0.1, 0.15) is 5.75 Å². The third-order valence-corrected chi connectivity index (χ3v) is 2.37. The molecule has 0 unspecified atom stereocenters. The Morgan fingerprint density at radius 3 is 2.47 bits per heavy atom. The summed E-state index contributed by atoms with van der Waals surface area (Å²) in [7, 11) is 0. The Kier molecular flexibility index (Phi) is 3.55. The zero-order valence-corrected chi connectivity index (χ0v) is 9.65. The summed E-state index contributed by atoms with van der Waals surface area (Å²) in [5.74, 6) is -0.830. The Labute approximate surface area is 107 Å². The summed E-state index contributed by atoms with van der Waals surface area (Å²) in [6, 6.07) is 12.1. The predicted molar refractivity (Wildman–Crippen MR) is 64.8 cm³/mol. The van der Waals surface area contributed by atoms with Crippen LogP contribution >= 0.6 is 0 Å². The smallest absolute Gasteiger partial charge is 0.410 e. The van der Waals surface area contributed by atoms with Crippen molar-refractivity contribution >= 4 is 16.7 Å². The maximum absolute atomic E-state index is 11.9. The van der Waals surface area contributed by atoms with Gasteiger partial charge in [-0.1, -0.05) is 36.4 Å². The number of fused-ring (bicyclic) bond motifs is 1. The SMILES string of the molecule is O=C(C=CC(F)(F)F)Oc1cccc2ccccc12. The molecule has 2 rings (SSSR count). The van der Waals surface area contributed by atoms with Crippen molar-refractivity contribution in [3.63, 3.8) is 0 Å². The lowest BCUT2D eigenvalue weighted by Gasteiger charge is -2.05. The number of ether oxygens (including phenoxy) is 1. The van der Waals surface area contributed by atoms with Gasteiger partial charge in [-0.15, -0.1) is 0 Å². The van der Waals surface area contributed by atoms with E-state index in [0.717, 1.165) is 5.39 Å². The number of carbonyl (C=O) groups is 1. The molecule has 0 aliphatic carbocycles. The van der Waals surface area contributed by atoms with Gasteiger partial charge in [-0.3, -0.25) is 0 Å². The molecular weight excluding hydrogens is 257 g/mol. The Bertz CT molecular complexity index is 625. The van der Waals surface area contributed by atoms with Crippen LogP contribution in [0.5, 0.6) is 5.75 Å². The van der Waals surface area contributed by atoms with E-state index >= 15 is 0 Å². The highest BCUT2D eigenvalue weighted by Gasteiger charge is 2.22. The number of esters is 1. The van der Waals surface area contributed by atoms with Gasteiger partial charge in [0.05, 0.1) is 0 Å². The van der Waals surface area contributed by atoms with Crippen LogP contribution < -0.4 is 4.74 Å². The molecule has 0 bridgehead atoms. The maximum Gasteiger partial charge on any atom is 0.410 e. The first kappa shape index (κ1) is 13.1. The molecule has 0 aliphatic rings. The molecule has 0 amide bonds. The third kappa shape index (κ3) is 3.58. The first-order chi connectivity index (χ1) is 8.96. The van der Waals surface area contributed by atoms with E-state index in [4.69, 9.17) is 4.74 Å². The number of hydrogen-bond acceptors (Lipinski definition) is 2.